The van der Waals surface area contributed by atoms with Gasteiger partial charge < -0.3 is 0 Å². The summed E-state index contributed by atoms with van der Waals surface area (Å²) in [5.41, 5.74) is 3.14. The average molecular weight is 331 g/mol. The van der Waals surface area contributed by atoms with Crippen molar-refractivity contribution < 1.29 is 0 Å². The minimum absolute atomic E-state index is 0.725. The van der Waals surface area contributed by atoms with Crippen LogP contribution in [0.3, 0.4) is 0 Å². The average Bonchev–Trinajstić information content (AvgIpc) is 2.66. The molecule has 1 aromatic heterocycles. The largest absolute Gasteiger partial charge is 0.220 e. The number of rotatable bonds is 2. The van der Waals surface area contributed by atoms with Crippen molar-refractivity contribution in [2.75, 3.05) is 0 Å². The van der Waals surface area contributed by atoms with Crippen molar-refractivity contribution in [2.45, 2.75) is 12.3 Å². The number of hydrogen-bond acceptors (Lipinski definition) is 2. The van der Waals surface area contributed by atoms with Crippen LogP contribution in [0.5, 0.6) is 0 Å². The van der Waals surface area contributed by atoms with Crippen LogP contribution in [0.4, 0.5) is 0 Å². The summed E-state index contributed by atoms with van der Waals surface area (Å²) in [6.45, 7) is 2.05. The molecule has 0 aliphatic rings. The van der Waals surface area contributed by atoms with Gasteiger partial charge in [0.1, 0.15) is 0 Å². The molecule has 0 saturated heterocycles. The maximum absolute atomic E-state index is 4.07. The van der Waals surface area contributed by atoms with Gasteiger partial charge in [-0.2, -0.15) is 0 Å². The van der Waals surface area contributed by atoms with E-state index in [2.05, 4.69) is 55.2 Å². The summed E-state index contributed by atoms with van der Waals surface area (Å²) in [5, 5.41) is 8.82. The number of aryl methyl sites for hydroxylation is 1. The van der Waals surface area contributed by atoms with E-state index >= 15 is 0 Å². The van der Waals surface area contributed by atoms with Gasteiger partial charge in [0, 0.05) is 9.80 Å². The first kappa shape index (κ1) is 10.8. The molecule has 0 saturated carbocycles. The second kappa shape index (κ2) is 4.45. The summed E-state index contributed by atoms with van der Waals surface area (Å²) in [6.07, 6.45) is 1.92. The third-order valence-corrected chi connectivity index (χ3v) is 3.15. The second-order valence-electron chi connectivity index (χ2n) is 3.22. The van der Waals surface area contributed by atoms with E-state index in [1.165, 1.54) is 0 Å². The Morgan fingerprint density at radius 2 is 2.20 bits per heavy atom. The summed E-state index contributed by atoms with van der Waals surface area (Å²) < 4.78 is 2.86. The van der Waals surface area contributed by atoms with E-state index in [9.17, 15) is 0 Å². The zero-order chi connectivity index (χ0) is 10.8. The lowest BCUT2D eigenvalue weighted by Crippen LogP contribution is -1.97. The smallest absolute Gasteiger partial charge is 0.0937 e. The van der Waals surface area contributed by atoms with Crippen LogP contribution in [0.2, 0.25) is 0 Å². The Bertz CT molecular complexity index is 479. The molecule has 0 spiro atoms. The molecule has 0 bridgehead atoms. The van der Waals surface area contributed by atoms with Crippen LogP contribution in [0.1, 0.15) is 11.3 Å². The van der Waals surface area contributed by atoms with Gasteiger partial charge in [-0.15, -0.1) is 5.10 Å². The molecule has 0 aliphatic heterocycles. The molecule has 15 heavy (non-hydrogen) atoms. The fourth-order valence-corrected chi connectivity index (χ4v) is 2.09. The van der Waals surface area contributed by atoms with Crippen LogP contribution < -0.4 is 0 Å². The maximum Gasteiger partial charge on any atom is 0.0937 e. The third kappa shape index (κ3) is 2.29. The number of nitrogens with zero attached hydrogens (tertiary/aromatic N) is 3. The molecule has 0 fully saturated rings. The van der Waals surface area contributed by atoms with Crippen LogP contribution in [0.25, 0.3) is 5.69 Å². The summed E-state index contributed by atoms with van der Waals surface area (Å²) in [7, 11) is 0. The van der Waals surface area contributed by atoms with Gasteiger partial charge in [0.2, 0.25) is 0 Å². The minimum atomic E-state index is 0.725. The van der Waals surface area contributed by atoms with E-state index in [1.807, 2.05) is 18.3 Å². The molecule has 3 nitrogen and oxygen atoms in total. The van der Waals surface area contributed by atoms with Gasteiger partial charge in [-0.1, -0.05) is 37.1 Å². The van der Waals surface area contributed by atoms with Crippen molar-refractivity contribution in [1.29, 1.82) is 0 Å². The zero-order valence-electron chi connectivity index (χ0n) is 8.11. The minimum Gasteiger partial charge on any atom is -0.220 e. The first-order valence-electron chi connectivity index (χ1n) is 4.44. The quantitative estimate of drug-likeness (QED) is 0.791. The Morgan fingerprint density at radius 1 is 1.40 bits per heavy atom. The van der Waals surface area contributed by atoms with Crippen LogP contribution in [-0.2, 0) is 5.33 Å². The first-order valence-corrected chi connectivity index (χ1v) is 6.36. The van der Waals surface area contributed by atoms with Crippen molar-refractivity contribution in [1.82, 2.24) is 15.0 Å². The van der Waals surface area contributed by atoms with Gasteiger partial charge in [0.25, 0.3) is 0 Å². The molecule has 78 valence electrons. The first-order chi connectivity index (χ1) is 7.20. The van der Waals surface area contributed by atoms with Gasteiger partial charge >= 0.3 is 0 Å². The van der Waals surface area contributed by atoms with E-state index in [-0.39, 0.29) is 0 Å². The highest BCUT2D eigenvalue weighted by molar-refractivity contribution is 9.10. The van der Waals surface area contributed by atoms with Gasteiger partial charge in [-0.05, 0) is 30.7 Å². The van der Waals surface area contributed by atoms with Crippen LogP contribution in [0.15, 0.2) is 28.9 Å². The lowest BCUT2D eigenvalue weighted by atomic mass is 10.2. The normalized spacial score (nSPS) is 10.6. The van der Waals surface area contributed by atoms with E-state index < -0.39 is 0 Å². The Hall–Kier alpha value is -0.680. The van der Waals surface area contributed by atoms with Gasteiger partial charge in [-0.25, -0.2) is 4.68 Å². The number of hydrogen-bond donors (Lipinski definition) is 0. The molecule has 0 aliphatic carbocycles. The molecule has 1 aromatic carbocycles. The molecule has 2 aromatic rings. The fourth-order valence-electron chi connectivity index (χ4n) is 1.35. The Morgan fingerprint density at radius 3 is 2.80 bits per heavy atom. The van der Waals surface area contributed by atoms with Crippen molar-refractivity contribution in [3.05, 3.63) is 40.1 Å². The number of alkyl halides is 1. The Kier molecular flexibility index (Phi) is 3.21. The van der Waals surface area contributed by atoms with E-state index in [1.54, 1.807) is 4.68 Å². The molecule has 2 rings (SSSR count). The predicted molar refractivity (Wildman–Crippen MR) is 66.4 cm³/mol. The third-order valence-electron chi connectivity index (χ3n) is 2.08. The predicted octanol–water partition coefficient (Wildman–Crippen LogP) is 3.23. The van der Waals surface area contributed by atoms with Crippen molar-refractivity contribution >= 4 is 31.9 Å². The van der Waals surface area contributed by atoms with Crippen molar-refractivity contribution in [3.63, 3.8) is 0 Å². The molecular formula is C10H9Br2N3. The Balaban J connectivity index is 2.44. The molecule has 0 N–H and O–H groups in total. The van der Waals surface area contributed by atoms with E-state index in [0.29, 0.717) is 0 Å². The van der Waals surface area contributed by atoms with Crippen molar-refractivity contribution in [3.8, 4) is 5.69 Å². The number of benzene rings is 1. The van der Waals surface area contributed by atoms with E-state index in [4.69, 9.17) is 0 Å². The molecule has 5 heteroatoms. The lowest BCUT2D eigenvalue weighted by molar-refractivity contribution is 0.796. The molecule has 0 atom stereocenters. The maximum atomic E-state index is 4.07. The highest BCUT2D eigenvalue weighted by Gasteiger charge is 2.04. The molecule has 0 radical (unpaired) electrons. The monoisotopic (exact) mass is 329 g/mol. The van der Waals surface area contributed by atoms with Gasteiger partial charge in [-0.3, -0.25) is 0 Å². The van der Waals surface area contributed by atoms with E-state index in [0.717, 1.165) is 26.7 Å². The topological polar surface area (TPSA) is 30.7 Å². The lowest BCUT2D eigenvalue weighted by Gasteiger charge is -2.04. The zero-order valence-corrected chi connectivity index (χ0v) is 11.3. The summed E-state index contributed by atoms with van der Waals surface area (Å²) in [6, 6.07) is 6.08. The second-order valence-corrected chi connectivity index (χ2v) is 4.70. The Labute approximate surface area is 105 Å². The van der Waals surface area contributed by atoms with Gasteiger partial charge in [0.15, 0.2) is 0 Å². The van der Waals surface area contributed by atoms with Crippen LogP contribution >= 0.6 is 31.9 Å². The van der Waals surface area contributed by atoms with Crippen LogP contribution in [-0.4, -0.2) is 15.0 Å². The highest BCUT2D eigenvalue weighted by Crippen LogP contribution is 2.18. The van der Waals surface area contributed by atoms with Crippen molar-refractivity contribution in [2.24, 2.45) is 0 Å². The highest BCUT2D eigenvalue weighted by atomic mass is 79.9. The summed E-state index contributed by atoms with van der Waals surface area (Å²) in [5.74, 6) is 0. The number of aromatic nitrogens is 3. The molecule has 0 unspecified atom stereocenters. The molecular weight excluding hydrogens is 322 g/mol. The molecule has 1 heterocycles. The fraction of sp³-hybridized carbons (Fsp3) is 0.200. The summed E-state index contributed by atoms with van der Waals surface area (Å²) >= 11 is 6.79. The molecule has 0 amide bonds. The van der Waals surface area contributed by atoms with Gasteiger partial charge in [0.05, 0.1) is 17.6 Å². The van der Waals surface area contributed by atoms with Crippen LogP contribution in [0, 0.1) is 6.92 Å². The SMILES string of the molecule is Cc1cc(Br)ccc1-n1cc(CBr)nn1. The number of halogens is 2. The summed E-state index contributed by atoms with van der Waals surface area (Å²) in [4.78, 5) is 0. The standard InChI is InChI=1S/C10H9Br2N3/c1-7-4-8(12)2-3-10(7)15-6-9(5-11)13-14-15/h2-4,6H,5H2,1H3.